The van der Waals surface area contributed by atoms with Crippen molar-refractivity contribution >= 4 is 16.9 Å². The Morgan fingerprint density at radius 2 is 1.94 bits per heavy atom. The van der Waals surface area contributed by atoms with E-state index in [1.54, 1.807) is 0 Å². The molecule has 0 radical (unpaired) electrons. The van der Waals surface area contributed by atoms with E-state index >= 15 is 0 Å². The number of nitrogens with one attached hydrogen (secondary N) is 2. The number of aromatic amines is 1. The normalized spacial score (nSPS) is 14.7. The summed E-state index contributed by atoms with van der Waals surface area (Å²) in [5, 5.41) is 9.19. The smallest absolute Gasteiger partial charge is 0.254 e. The Kier molecular flexibility index (Phi) is 5.96. The summed E-state index contributed by atoms with van der Waals surface area (Å²) in [4.78, 5) is 29.5. The predicted octanol–water partition coefficient (Wildman–Crippen LogP) is 3.11. The molecule has 2 N–H and O–H groups in total. The van der Waals surface area contributed by atoms with Crippen molar-refractivity contribution in [1.82, 2.24) is 25.0 Å². The zero-order valence-corrected chi connectivity index (χ0v) is 18.6. The van der Waals surface area contributed by atoms with E-state index in [0.717, 1.165) is 54.9 Å². The maximum absolute atomic E-state index is 12.8. The van der Waals surface area contributed by atoms with Crippen LogP contribution in [0.4, 0.5) is 0 Å². The summed E-state index contributed by atoms with van der Waals surface area (Å²) in [6, 6.07) is 11.8. The molecule has 1 amide bonds. The molecular weight excluding hydrogens is 390 g/mol. The molecule has 0 aliphatic carbocycles. The summed E-state index contributed by atoms with van der Waals surface area (Å²) >= 11 is 0. The number of para-hydroxylation sites is 1. The maximum Gasteiger partial charge on any atom is 0.254 e. The van der Waals surface area contributed by atoms with Crippen LogP contribution in [0, 0.1) is 0 Å². The molecule has 1 aliphatic rings. The number of aromatic nitrogens is 3. The topological polar surface area (TPSA) is 83.0 Å². The number of hydrogen-bond acceptors (Lipinski definition) is 4. The van der Waals surface area contributed by atoms with Crippen molar-refractivity contribution in [2.75, 3.05) is 19.6 Å². The number of likely N-dealkylation sites (tertiary alicyclic amines) is 1. The van der Waals surface area contributed by atoms with Gasteiger partial charge in [-0.2, -0.15) is 5.10 Å². The Bertz CT molecular complexity index is 1120. The Hall–Kier alpha value is -2.93. The van der Waals surface area contributed by atoms with Crippen molar-refractivity contribution in [1.29, 1.82) is 0 Å². The molecule has 0 saturated carbocycles. The molecule has 2 aromatic heterocycles. The van der Waals surface area contributed by atoms with Gasteiger partial charge in [0.15, 0.2) is 0 Å². The van der Waals surface area contributed by atoms with Gasteiger partial charge in [0, 0.05) is 42.4 Å². The van der Waals surface area contributed by atoms with Crippen LogP contribution in [-0.4, -0.2) is 45.2 Å². The van der Waals surface area contributed by atoms with E-state index in [1.807, 2.05) is 46.0 Å². The maximum atomic E-state index is 12.8. The zero-order chi connectivity index (χ0) is 22.0. The van der Waals surface area contributed by atoms with Crippen molar-refractivity contribution in [2.24, 2.45) is 0 Å². The van der Waals surface area contributed by atoms with Gasteiger partial charge in [0.25, 0.3) is 5.56 Å². The van der Waals surface area contributed by atoms with Crippen LogP contribution in [0.5, 0.6) is 0 Å². The summed E-state index contributed by atoms with van der Waals surface area (Å²) in [5.74, 6) is 0.257. The molecule has 7 nitrogen and oxygen atoms in total. The van der Waals surface area contributed by atoms with E-state index in [0.29, 0.717) is 18.5 Å². The highest BCUT2D eigenvalue weighted by Crippen LogP contribution is 2.29. The Labute approximate surface area is 182 Å². The van der Waals surface area contributed by atoms with E-state index in [9.17, 15) is 9.59 Å². The summed E-state index contributed by atoms with van der Waals surface area (Å²) in [7, 11) is 0. The standard InChI is InChI=1S/C24H31N5O2/c1-24(2,3)21-19-15-17(16-25-12-8-14-28-13-7-11-20(28)30)23(31)26-22(19)29(27-21)18-9-5-4-6-10-18/h4-6,9-10,15,25H,7-8,11-14,16H2,1-3H3,(H,26,31). The molecule has 1 aliphatic heterocycles. The number of benzene rings is 1. The van der Waals surface area contributed by atoms with Gasteiger partial charge in [-0.3, -0.25) is 9.59 Å². The summed E-state index contributed by atoms with van der Waals surface area (Å²) in [5.41, 5.74) is 3.02. The molecule has 1 fully saturated rings. The lowest BCUT2D eigenvalue weighted by Crippen LogP contribution is -2.29. The summed E-state index contributed by atoms with van der Waals surface area (Å²) in [6.07, 6.45) is 2.52. The molecule has 1 aromatic carbocycles. The van der Waals surface area contributed by atoms with E-state index < -0.39 is 0 Å². The number of hydrogen-bond donors (Lipinski definition) is 2. The van der Waals surface area contributed by atoms with E-state index in [2.05, 4.69) is 31.1 Å². The Morgan fingerprint density at radius 1 is 1.16 bits per heavy atom. The number of H-pyrrole nitrogens is 1. The quantitative estimate of drug-likeness (QED) is 0.574. The van der Waals surface area contributed by atoms with Gasteiger partial charge in [0.2, 0.25) is 5.91 Å². The number of carbonyl (C=O) groups is 1. The van der Waals surface area contributed by atoms with E-state index in [4.69, 9.17) is 5.10 Å². The highest BCUT2D eigenvalue weighted by atomic mass is 16.2. The van der Waals surface area contributed by atoms with Crippen molar-refractivity contribution < 1.29 is 4.79 Å². The van der Waals surface area contributed by atoms with Gasteiger partial charge in [0.1, 0.15) is 5.65 Å². The van der Waals surface area contributed by atoms with Gasteiger partial charge in [-0.05, 0) is 37.6 Å². The molecule has 0 unspecified atom stereocenters. The number of fused-ring (bicyclic) bond motifs is 1. The summed E-state index contributed by atoms with van der Waals surface area (Å²) < 4.78 is 1.82. The van der Waals surface area contributed by atoms with Gasteiger partial charge in [-0.15, -0.1) is 0 Å². The van der Waals surface area contributed by atoms with Crippen LogP contribution >= 0.6 is 0 Å². The summed E-state index contributed by atoms with van der Waals surface area (Å²) in [6.45, 7) is 9.29. The zero-order valence-electron chi connectivity index (χ0n) is 18.6. The number of amides is 1. The first-order valence-electron chi connectivity index (χ1n) is 11.0. The second-order valence-corrected chi connectivity index (χ2v) is 9.25. The van der Waals surface area contributed by atoms with Gasteiger partial charge in [-0.25, -0.2) is 4.68 Å². The fourth-order valence-electron chi connectivity index (χ4n) is 4.11. The van der Waals surface area contributed by atoms with Crippen LogP contribution in [0.15, 0.2) is 41.2 Å². The van der Waals surface area contributed by atoms with E-state index in [-0.39, 0.29) is 16.9 Å². The number of pyridine rings is 1. The lowest BCUT2D eigenvalue weighted by molar-refractivity contribution is -0.127. The molecule has 7 heteroatoms. The third kappa shape index (κ3) is 4.56. The molecule has 31 heavy (non-hydrogen) atoms. The van der Waals surface area contributed by atoms with Crippen LogP contribution in [0.1, 0.15) is 51.3 Å². The van der Waals surface area contributed by atoms with Crippen LogP contribution < -0.4 is 10.9 Å². The highest BCUT2D eigenvalue weighted by Gasteiger charge is 2.24. The van der Waals surface area contributed by atoms with Crippen molar-refractivity contribution in [3.8, 4) is 5.69 Å². The largest absolute Gasteiger partial charge is 0.343 e. The first kappa shape index (κ1) is 21.3. The first-order valence-corrected chi connectivity index (χ1v) is 11.0. The van der Waals surface area contributed by atoms with Gasteiger partial charge in [-0.1, -0.05) is 39.0 Å². The van der Waals surface area contributed by atoms with Gasteiger partial charge in [0.05, 0.1) is 11.4 Å². The van der Waals surface area contributed by atoms with E-state index in [1.165, 1.54) is 0 Å². The monoisotopic (exact) mass is 421 g/mol. The lowest BCUT2D eigenvalue weighted by Gasteiger charge is -2.16. The minimum absolute atomic E-state index is 0.104. The third-order valence-corrected chi connectivity index (χ3v) is 5.74. The van der Waals surface area contributed by atoms with Crippen LogP contribution in [-0.2, 0) is 16.8 Å². The molecule has 1 saturated heterocycles. The molecule has 0 spiro atoms. The lowest BCUT2D eigenvalue weighted by atomic mass is 9.90. The number of nitrogens with zero attached hydrogens (tertiary/aromatic N) is 3. The molecular formula is C24H31N5O2. The Morgan fingerprint density at radius 3 is 2.61 bits per heavy atom. The van der Waals surface area contributed by atoms with Crippen LogP contribution in [0.2, 0.25) is 0 Å². The average Bonchev–Trinajstić information content (AvgIpc) is 3.31. The minimum Gasteiger partial charge on any atom is -0.343 e. The fourth-order valence-corrected chi connectivity index (χ4v) is 4.11. The molecule has 3 heterocycles. The van der Waals surface area contributed by atoms with Crippen molar-refractivity contribution in [2.45, 2.75) is 52.0 Å². The fraction of sp³-hybridized carbons (Fsp3) is 0.458. The highest BCUT2D eigenvalue weighted by molar-refractivity contribution is 5.81. The van der Waals surface area contributed by atoms with Crippen molar-refractivity contribution in [3.63, 3.8) is 0 Å². The SMILES string of the molecule is CC(C)(C)c1nn(-c2ccccc2)c2[nH]c(=O)c(CNCCCN3CCCC3=O)cc12. The third-order valence-electron chi connectivity index (χ3n) is 5.74. The molecule has 0 bridgehead atoms. The second-order valence-electron chi connectivity index (χ2n) is 9.25. The molecule has 4 rings (SSSR count). The molecule has 0 atom stereocenters. The number of carbonyl (C=O) groups excluding carboxylic acids is 1. The first-order chi connectivity index (χ1) is 14.8. The number of rotatable bonds is 7. The molecule has 164 valence electrons. The average molecular weight is 422 g/mol. The molecule has 3 aromatic rings. The van der Waals surface area contributed by atoms with Crippen molar-refractivity contribution in [3.05, 3.63) is 58.0 Å². The van der Waals surface area contributed by atoms with Gasteiger partial charge >= 0.3 is 0 Å². The van der Waals surface area contributed by atoms with Crippen LogP contribution in [0.25, 0.3) is 16.7 Å². The second kappa shape index (κ2) is 8.67. The predicted molar refractivity (Wildman–Crippen MR) is 123 cm³/mol. The Balaban J connectivity index is 1.54. The van der Waals surface area contributed by atoms with Gasteiger partial charge < -0.3 is 15.2 Å². The minimum atomic E-state index is -0.163. The van der Waals surface area contributed by atoms with Crippen LogP contribution in [0.3, 0.4) is 0 Å².